The third-order valence-electron chi connectivity index (χ3n) is 4.44. The summed E-state index contributed by atoms with van der Waals surface area (Å²) in [7, 11) is -4.26. The second kappa shape index (κ2) is 8.00. The number of carbonyl (C=O) groups is 1. The summed E-state index contributed by atoms with van der Waals surface area (Å²) >= 11 is 0. The van der Waals surface area contributed by atoms with Crippen LogP contribution in [0.25, 0.3) is 11.0 Å². The summed E-state index contributed by atoms with van der Waals surface area (Å²) in [5.41, 5.74) is 0.0110. The second-order valence-corrected chi connectivity index (χ2v) is 8.56. The van der Waals surface area contributed by atoms with Gasteiger partial charge in [0.15, 0.2) is 5.65 Å². The largest absolute Gasteiger partial charge is 0.417 e. The van der Waals surface area contributed by atoms with Gasteiger partial charge in [0.2, 0.25) is 9.84 Å². The van der Waals surface area contributed by atoms with Gasteiger partial charge in [-0.2, -0.15) is 18.3 Å². The van der Waals surface area contributed by atoms with E-state index in [0.29, 0.717) is 34.6 Å². The molecule has 4 aromatic heterocycles. The van der Waals surface area contributed by atoms with Crippen molar-refractivity contribution < 1.29 is 26.4 Å². The van der Waals surface area contributed by atoms with Gasteiger partial charge in [0.1, 0.15) is 0 Å². The van der Waals surface area contributed by atoms with E-state index in [1.165, 1.54) is 24.5 Å². The van der Waals surface area contributed by atoms with Crippen molar-refractivity contribution in [3.8, 4) is 0 Å². The quantitative estimate of drug-likeness (QED) is 0.466. The summed E-state index contributed by atoms with van der Waals surface area (Å²) in [5, 5.41) is 9.79. The van der Waals surface area contributed by atoms with Crippen molar-refractivity contribution in [2.75, 3.05) is 0 Å². The minimum atomic E-state index is -4.73. The molecule has 13 heteroatoms. The SMILES string of the molecule is O=C(NCc1ccc(S(=O)(=O)c2cncc(C(F)(F)F)c2)cn1)c1cnc2[nH]ncc2c1. The van der Waals surface area contributed by atoms with Gasteiger partial charge in [-0.1, -0.05) is 0 Å². The molecule has 0 aliphatic carbocycles. The molecule has 32 heavy (non-hydrogen) atoms. The third kappa shape index (κ3) is 4.27. The number of nitrogens with zero attached hydrogens (tertiary/aromatic N) is 4. The molecule has 0 fully saturated rings. The van der Waals surface area contributed by atoms with Crippen LogP contribution in [0, 0.1) is 0 Å². The van der Waals surface area contributed by atoms with Crippen LogP contribution < -0.4 is 5.32 Å². The molecule has 0 unspecified atom stereocenters. The Morgan fingerprint density at radius 1 is 1.00 bits per heavy atom. The molecular formula is C19H13F3N6O3S. The molecule has 0 atom stereocenters. The fourth-order valence-electron chi connectivity index (χ4n) is 2.76. The Kier molecular flexibility index (Phi) is 5.34. The molecule has 0 radical (unpaired) electrons. The standard InChI is InChI=1S/C19H13F3N6O3S/c20-19(21,22)13-4-16(9-23-7-13)32(30,31)15-2-1-14(24-10-15)8-26-18(29)12-3-11-6-27-28-17(11)25-5-12/h1-7,9-10H,8H2,(H,26,29)(H,25,27,28). The molecule has 0 spiro atoms. The Hall–Kier alpha value is -3.87. The van der Waals surface area contributed by atoms with Gasteiger partial charge >= 0.3 is 6.18 Å². The van der Waals surface area contributed by atoms with E-state index in [0.717, 1.165) is 12.4 Å². The van der Waals surface area contributed by atoms with Gasteiger partial charge in [-0.05, 0) is 24.3 Å². The number of aromatic amines is 1. The predicted molar refractivity (Wildman–Crippen MR) is 104 cm³/mol. The second-order valence-electron chi connectivity index (χ2n) is 6.61. The van der Waals surface area contributed by atoms with E-state index in [1.807, 2.05) is 0 Å². The fourth-order valence-corrected chi connectivity index (χ4v) is 3.96. The lowest BCUT2D eigenvalue weighted by atomic mass is 10.2. The Bertz CT molecular complexity index is 1400. The number of hydrogen-bond acceptors (Lipinski definition) is 7. The number of nitrogens with one attached hydrogen (secondary N) is 2. The van der Waals surface area contributed by atoms with E-state index in [9.17, 15) is 26.4 Å². The molecule has 164 valence electrons. The van der Waals surface area contributed by atoms with Crippen molar-refractivity contribution in [2.45, 2.75) is 22.5 Å². The maximum atomic E-state index is 12.9. The Morgan fingerprint density at radius 2 is 1.81 bits per heavy atom. The molecule has 0 aromatic carbocycles. The molecule has 0 saturated heterocycles. The summed E-state index contributed by atoms with van der Waals surface area (Å²) in [6, 6.07) is 4.67. The number of pyridine rings is 3. The molecule has 0 saturated carbocycles. The highest BCUT2D eigenvalue weighted by Crippen LogP contribution is 2.31. The molecule has 4 aromatic rings. The van der Waals surface area contributed by atoms with Crippen LogP contribution in [0.2, 0.25) is 0 Å². The minimum absolute atomic E-state index is 0.00625. The highest BCUT2D eigenvalue weighted by atomic mass is 32.2. The summed E-state index contributed by atoms with van der Waals surface area (Å²) < 4.78 is 63.8. The van der Waals surface area contributed by atoms with Crippen LogP contribution in [0.3, 0.4) is 0 Å². The van der Waals surface area contributed by atoms with Crippen molar-refractivity contribution in [1.29, 1.82) is 0 Å². The van der Waals surface area contributed by atoms with Crippen LogP contribution in [0.1, 0.15) is 21.6 Å². The normalized spacial score (nSPS) is 12.1. The first-order valence-electron chi connectivity index (χ1n) is 8.94. The van der Waals surface area contributed by atoms with E-state index in [-0.39, 0.29) is 11.4 Å². The van der Waals surface area contributed by atoms with Gasteiger partial charge in [-0.3, -0.25) is 19.9 Å². The van der Waals surface area contributed by atoms with E-state index >= 15 is 0 Å². The highest BCUT2D eigenvalue weighted by Gasteiger charge is 2.32. The topological polar surface area (TPSA) is 131 Å². The van der Waals surface area contributed by atoms with Gasteiger partial charge in [-0.15, -0.1) is 0 Å². The maximum absolute atomic E-state index is 12.9. The average Bonchev–Trinajstić information content (AvgIpc) is 3.25. The zero-order chi connectivity index (χ0) is 22.9. The van der Waals surface area contributed by atoms with Crippen molar-refractivity contribution in [3.63, 3.8) is 0 Å². The van der Waals surface area contributed by atoms with Crippen molar-refractivity contribution in [3.05, 3.63) is 72.1 Å². The first-order chi connectivity index (χ1) is 15.1. The summed E-state index contributed by atoms with van der Waals surface area (Å²) in [5.74, 6) is -0.422. The summed E-state index contributed by atoms with van der Waals surface area (Å²) in [4.78, 5) is 22.8. The zero-order valence-electron chi connectivity index (χ0n) is 16.0. The van der Waals surface area contributed by atoms with Crippen LogP contribution in [-0.2, 0) is 22.6 Å². The Morgan fingerprint density at radius 3 is 2.53 bits per heavy atom. The number of carbonyl (C=O) groups excluding carboxylic acids is 1. The van der Waals surface area contributed by atoms with Gasteiger partial charge in [0.25, 0.3) is 5.91 Å². The predicted octanol–water partition coefficient (Wildman–Crippen LogP) is 2.53. The van der Waals surface area contributed by atoms with Crippen LogP contribution in [-0.4, -0.2) is 39.5 Å². The van der Waals surface area contributed by atoms with E-state index < -0.39 is 32.4 Å². The number of halogens is 3. The summed E-state index contributed by atoms with van der Waals surface area (Å²) in [6.45, 7) is -0.00625. The lowest BCUT2D eigenvalue weighted by Crippen LogP contribution is -2.23. The van der Waals surface area contributed by atoms with Crippen molar-refractivity contribution in [1.82, 2.24) is 30.5 Å². The Labute approximate surface area is 178 Å². The van der Waals surface area contributed by atoms with E-state index in [2.05, 4.69) is 30.5 Å². The lowest BCUT2D eigenvalue weighted by Gasteiger charge is -2.09. The molecule has 4 heterocycles. The van der Waals surface area contributed by atoms with Gasteiger partial charge in [-0.25, -0.2) is 13.4 Å². The van der Waals surface area contributed by atoms with Crippen LogP contribution >= 0.6 is 0 Å². The van der Waals surface area contributed by atoms with E-state index in [1.54, 1.807) is 6.07 Å². The summed E-state index contributed by atoms with van der Waals surface area (Å²) in [6.07, 6.45) is 0.570. The number of H-pyrrole nitrogens is 1. The molecule has 0 aliphatic rings. The molecule has 9 nitrogen and oxygen atoms in total. The van der Waals surface area contributed by atoms with E-state index in [4.69, 9.17) is 0 Å². The van der Waals surface area contributed by atoms with Crippen molar-refractivity contribution >= 4 is 26.8 Å². The Balaban J connectivity index is 1.47. The van der Waals surface area contributed by atoms with Gasteiger partial charge < -0.3 is 5.32 Å². The molecule has 0 bridgehead atoms. The average molecular weight is 462 g/mol. The van der Waals surface area contributed by atoms with Gasteiger partial charge in [0.05, 0.1) is 39.4 Å². The number of rotatable bonds is 5. The fraction of sp³-hybridized carbons (Fsp3) is 0.105. The molecule has 4 rings (SSSR count). The first kappa shape index (κ1) is 21.4. The molecule has 0 aliphatic heterocycles. The monoisotopic (exact) mass is 462 g/mol. The smallest absolute Gasteiger partial charge is 0.346 e. The lowest BCUT2D eigenvalue weighted by molar-refractivity contribution is -0.138. The molecular weight excluding hydrogens is 449 g/mol. The number of fused-ring (bicyclic) bond motifs is 1. The number of aromatic nitrogens is 5. The third-order valence-corrected chi connectivity index (χ3v) is 6.15. The first-order valence-corrected chi connectivity index (χ1v) is 10.4. The molecule has 1 amide bonds. The highest BCUT2D eigenvalue weighted by molar-refractivity contribution is 7.91. The number of sulfone groups is 1. The number of alkyl halides is 3. The minimum Gasteiger partial charge on any atom is -0.346 e. The number of amides is 1. The van der Waals surface area contributed by atoms with Gasteiger partial charge in [0, 0.05) is 30.2 Å². The number of hydrogen-bond donors (Lipinski definition) is 2. The molecule has 2 N–H and O–H groups in total. The van der Waals surface area contributed by atoms with Crippen molar-refractivity contribution in [2.24, 2.45) is 0 Å². The van der Waals surface area contributed by atoms with Crippen LogP contribution in [0.4, 0.5) is 13.2 Å². The van der Waals surface area contributed by atoms with Crippen LogP contribution in [0.5, 0.6) is 0 Å². The van der Waals surface area contributed by atoms with Crippen LogP contribution in [0.15, 0.2) is 65.0 Å². The zero-order valence-corrected chi connectivity index (χ0v) is 16.8. The maximum Gasteiger partial charge on any atom is 0.417 e.